The number of pyridine rings is 1. The van der Waals surface area contributed by atoms with Crippen molar-refractivity contribution in [3.05, 3.63) is 129 Å². The zero-order valence-corrected chi connectivity index (χ0v) is 25.4. The normalized spacial score (nSPS) is 13.2. The first-order valence-corrected chi connectivity index (χ1v) is 14.3. The van der Waals surface area contributed by atoms with Gasteiger partial charge in [-0.05, 0) is 72.5 Å². The van der Waals surface area contributed by atoms with Crippen LogP contribution in [0.1, 0.15) is 51.7 Å². The second kappa shape index (κ2) is 14.3. The highest BCUT2D eigenvalue weighted by molar-refractivity contribution is 6.30. The van der Waals surface area contributed by atoms with Crippen molar-refractivity contribution < 1.29 is 53.8 Å². The Morgan fingerprint density at radius 2 is 1.60 bits per heavy atom. The highest BCUT2D eigenvalue weighted by atomic mass is 35.5. The zero-order chi connectivity index (χ0) is 35.4. The molecule has 4 rings (SSSR count). The van der Waals surface area contributed by atoms with Crippen LogP contribution in [0.15, 0.2) is 79.0 Å². The van der Waals surface area contributed by atoms with E-state index in [1.807, 2.05) is 0 Å². The lowest BCUT2D eigenvalue weighted by atomic mass is 9.78. The molecule has 0 unspecified atom stereocenters. The number of alkyl halides is 7. The van der Waals surface area contributed by atoms with Crippen molar-refractivity contribution in [2.45, 2.75) is 50.4 Å². The second-order valence-electron chi connectivity index (χ2n) is 10.7. The van der Waals surface area contributed by atoms with E-state index < -0.39 is 70.7 Å². The van der Waals surface area contributed by atoms with Crippen LogP contribution < -0.4 is 10.1 Å². The van der Waals surface area contributed by atoms with Crippen LogP contribution in [-0.4, -0.2) is 29.2 Å². The van der Waals surface area contributed by atoms with Crippen LogP contribution in [0.5, 0.6) is 5.75 Å². The van der Waals surface area contributed by atoms with Crippen LogP contribution in [0, 0.1) is 11.6 Å². The standard InChI is InChI=1S/C33H24ClF9N2O3/c1-18(46)6-7-19-4-2-3-5-21(19)16-31(28-11-9-23(34)17-44-28,22-13-24(35)15-25(14-22)48-33(42,43)30(37)38)45-29(47)20-8-10-27(36)26(12-20)32(39,40)41/h2-5,8-15,17,30H,6-7,16H2,1H3,(H,45,47)/t31-/m0/s1. The van der Waals surface area contributed by atoms with Crippen LogP contribution in [-0.2, 0) is 29.4 Å². The topological polar surface area (TPSA) is 68.3 Å². The van der Waals surface area contributed by atoms with Gasteiger partial charge in [0.05, 0.1) is 16.3 Å². The van der Waals surface area contributed by atoms with Gasteiger partial charge in [-0.1, -0.05) is 35.9 Å². The number of amides is 1. The molecule has 0 bridgehead atoms. The summed E-state index contributed by atoms with van der Waals surface area (Å²) in [5.41, 5.74) is -4.29. The van der Waals surface area contributed by atoms with Gasteiger partial charge in [0.1, 0.15) is 28.7 Å². The highest BCUT2D eigenvalue weighted by Crippen LogP contribution is 2.39. The number of carbonyl (C=O) groups excluding carboxylic acids is 2. The summed E-state index contributed by atoms with van der Waals surface area (Å²) in [5.74, 6) is -5.49. The summed E-state index contributed by atoms with van der Waals surface area (Å²) < 4.78 is 128. The number of halogens is 10. The molecule has 1 N–H and O–H groups in total. The van der Waals surface area contributed by atoms with Gasteiger partial charge < -0.3 is 14.8 Å². The molecule has 0 aliphatic heterocycles. The van der Waals surface area contributed by atoms with E-state index in [0.717, 1.165) is 24.4 Å². The van der Waals surface area contributed by atoms with E-state index in [1.54, 1.807) is 24.3 Å². The molecule has 1 aromatic heterocycles. The van der Waals surface area contributed by atoms with E-state index >= 15 is 4.39 Å². The number of Topliss-reactive ketones (excluding diaryl/α,β-unsaturated/α-hetero) is 1. The smallest absolute Gasteiger partial charge is 0.428 e. The number of rotatable bonds is 12. The molecular formula is C33H24ClF9N2O3. The van der Waals surface area contributed by atoms with Gasteiger partial charge >= 0.3 is 18.7 Å². The second-order valence-corrected chi connectivity index (χ2v) is 11.1. The van der Waals surface area contributed by atoms with Crippen LogP contribution >= 0.6 is 11.6 Å². The van der Waals surface area contributed by atoms with Crippen molar-refractivity contribution in [3.63, 3.8) is 0 Å². The van der Waals surface area contributed by atoms with Crippen molar-refractivity contribution in [2.24, 2.45) is 0 Å². The van der Waals surface area contributed by atoms with Gasteiger partial charge in [-0.3, -0.25) is 9.78 Å². The Hall–Kier alpha value is -4.59. The summed E-state index contributed by atoms with van der Waals surface area (Å²) in [6, 6.07) is 12.3. The molecule has 1 amide bonds. The fourth-order valence-electron chi connectivity index (χ4n) is 4.94. The first-order chi connectivity index (χ1) is 22.4. The largest absolute Gasteiger partial charge is 0.461 e. The maximum absolute atomic E-state index is 15.2. The summed E-state index contributed by atoms with van der Waals surface area (Å²) in [5, 5.41) is 2.60. The molecule has 0 saturated carbocycles. The lowest BCUT2D eigenvalue weighted by molar-refractivity contribution is -0.253. The number of carbonyl (C=O) groups is 2. The Morgan fingerprint density at radius 1 is 0.917 bits per heavy atom. The minimum Gasteiger partial charge on any atom is -0.428 e. The summed E-state index contributed by atoms with van der Waals surface area (Å²) in [6.07, 6.45) is -13.6. The van der Waals surface area contributed by atoms with Crippen LogP contribution in [0.3, 0.4) is 0 Å². The molecule has 3 aromatic carbocycles. The molecule has 1 heterocycles. The first-order valence-electron chi connectivity index (χ1n) is 13.9. The maximum Gasteiger partial charge on any atom is 0.461 e. The Morgan fingerprint density at radius 3 is 2.21 bits per heavy atom. The summed E-state index contributed by atoms with van der Waals surface area (Å²) in [7, 11) is 0. The van der Waals surface area contributed by atoms with E-state index in [0.29, 0.717) is 23.3 Å². The molecule has 254 valence electrons. The van der Waals surface area contributed by atoms with Gasteiger partial charge in [0.25, 0.3) is 5.91 Å². The fourth-order valence-corrected chi connectivity index (χ4v) is 5.05. The summed E-state index contributed by atoms with van der Waals surface area (Å²) >= 11 is 6.04. The number of aromatic nitrogens is 1. The molecule has 5 nitrogen and oxygen atoms in total. The molecule has 0 aliphatic carbocycles. The lowest BCUT2D eigenvalue weighted by Crippen LogP contribution is -2.49. The minimum atomic E-state index is -5.20. The van der Waals surface area contributed by atoms with E-state index in [4.69, 9.17) is 11.6 Å². The van der Waals surface area contributed by atoms with Gasteiger partial charge in [-0.15, -0.1) is 0 Å². The van der Waals surface area contributed by atoms with Gasteiger partial charge in [0, 0.05) is 30.7 Å². The number of ether oxygens (including phenoxy) is 1. The number of hydrogen-bond donors (Lipinski definition) is 1. The number of ketones is 1. The summed E-state index contributed by atoms with van der Waals surface area (Å²) in [6.45, 7) is 1.35. The SMILES string of the molecule is CC(=O)CCc1ccccc1C[C@](NC(=O)c1ccc(F)c(C(F)(F)F)c1)(c1cc(F)cc(OC(F)(F)C(F)F)c1)c1ccc(Cl)cn1. The third-order valence-electron chi connectivity index (χ3n) is 7.22. The fraction of sp³-hybridized carbons (Fsp3) is 0.242. The Labute approximate surface area is 272 Å². The minimum absolute atomic E-state index is 0.0754. The molecule has 0 saturated heterocycles. The number of benzene rings is 3. The van der Waals surface area contributed by atoms with E-state index in [-0.39, 0.29) is 35.4 Å². The summed E-state index contributed by atoms with van der Waals surface area (Å²) in [4.78, 5) is 29.8. The molecule has 4 aromatic rings. The predicted octanol–water partition coefficient (Wildman–Crippen LogP) is 8.71. The van der Waals surface area contributed by atoms with Crippen molar-refractivity contribution in [3.8, 4) is 5.75 Å². The number of nitrogens with zero attached hydrogens (tertiary/aromatic N) is 1. The average Bonchev–Trinajstić information content (AvgIpc) is 2.99. The molecule has 0 spiro atoms. The number of nitrogens with one attached hydrogen (secondary N) is 1. The first kappa shape index (κ1) is 36.2. The molecule has 0 radical (unpaired) electrons. The number of hydrogen-bond acceptors (Lipinski definition) is 4. The van der Waals surface area contributed by atoms with E-state index in [2.05, 4.69) is 15.0 Å². The van der Waals surface area contributed by atoms with E-state index in [1.165, 1.54) is 19.1 Å². The van der Waals surface area contributed by atoms with Gasteiger partial charge in [-0.2, -0.15) is 30.7 Å². The van der Waals surface area contributed by atoms with Crippen LogP contribution in [0.4, 0.5) is 39.5 Å². The molecule has 15 heteroatoms. The third kappa shape index (κ3) is 8.46. The van der Waals surface area contributed by atoms with Crippen molar-refractivity contribution >= 4 is 23.3 Å². The number of aryl methyl sites for hydroxylation is 1. The van der Waals surface area contributed by atoms with Crippen molar-refractivity contribution in [1.82, 2.24) is 10.3 Å². The molecule has 0 aliphatic rings. The van der Waals surface area contributed by atoms with Crippen LogP contribution in [0.25, 0.3) is 0 Å². The van der Waals surface area contributed by atoms with Gasteiger partial charge in [0.15, 0.2) is 0 Å². The monoisotopic (exact) mass is 702 g/mol. The molecule has 1 atom stereocenters. The Balaban J connectivity index is 2.00. The van der Waals surface area contributed by atoms with Crippen molar-refractivity contribution in [2.75, 3.05) is 0 Å². The molecule has 48 heavy (non-hydrogen) atoms. The van der Waals surface area contributed by atoms with Gasteiger partial charge in [0.2, 0.25) is 0 Å². The Kier molecular flexibility index (Phi) is 10.8. The lowest BCUT2D eigenvalue weighted by Gasteiger charge is -2.36. The van der Waals surface area contributed by atoms with Gasteiger partial charge in [-0.25, -0.2) is 8.78 Å². The average molecular weight is 703 g/mol. The highest BCUT2D eigenvalue weighted by Gasteiger charge is 2.45. The zero-order valence-electron chi connectivity index (χ0n) is 24.7. The molecule has 0 fully saturated rings. The third-order valence-corrected chi connectivity index (χ3v) is 7.44. The quantitative estimate of drug-likeness (QED) is 0.150. The van der Waals surface area contributed by atoms with Crippen LogP contribution in [0.2, 0.25) is 5.02 Å². The Bertz CT molecular complexity index is 1800. The van der Waals surface area contributed by atoms with E-state index in [9.17, 15) is 44.7 Å². The van der Waals surface area contributed by atoms with Crippen molar-refractivity contribution in [1.29, 1.82) is 0 Å². The maximum atomic E-state index is 15.2. The molecular weight excluding hydrogens is 679 g/mol. The predicted molar refractivity (Wildman–Crippen MR) is 156 cm³/mol.